The molecule has 1 heterocycles. The minimum Gasteiger partial charge on any atom is -0.391 e. The minimum atomic E-state index is -0.766. The molecule has 114 valence electrons. The van der Waals surface area contributed by atoms with E-state index in [-0.39, 0.29) is 24.8 Å². The van der Waals surface area contributed by atoms with Crippen molar-refractivity contribution >= 4 is 11.8 Å². The summed E-state index contributed by atoms with van der Waals surface area (Å²) in [5, 5.41) is 9.76. The Hall–Kier alpha value is -1.68. The van der Waals surface area contributed by atoms with E-state index in [0.717, 1.165) is 11.1 Å². The van der Waals surface area contributed by atoms with Crippen LogP contribution in [0.2, 0.25) is 0 Å². The summed E-state index contributed by atoms with van der Waals surface area (Å²) in [7, 11) is 0. The predicted molar refractivity (Wildman–Crippen MR) is 80.8 cm³/mol. The fourth-order valence-electron chi connectivity index (χ4n) is 2.90. The fraction of sp³-hybridized carbons (Fsp3) is 0.529. The normalized spacial score (nSPS) is 23.7. The summed E-state index contributed by atoms with van der Waals surface area (Å²) in [5.74, 6) is -0.360. The zero-order valence-corrected chi connectivity index (χ0v) is 12.9. The first kappa shape index (κ1) is 15.7. The average molecular weight is 289 g/mol. The van der Waals surface area contributed by atoms with Crippen molar-refractivity contribution in [3.8, 4) is 0 Å². The van der Waals surface area contributed by atoms with Crippen molar-refractivity contribution in [3.63, 3.8) is 0 Å². The summed E-state index contributed by atoms with van der Waals surface area (Å²) >= 11 is 0. The van der Waals surface area contributed by atoms with Crippen LogP contribution in [-0.4, -0.2) is 34.5 Å². The first-order valence-electron chi connectivity index (χ1n) is 7.54. The van der Waals surface area contributed by atoms with Crippen LogP contribution in [0.3, 0.4) is 0 Å². The molecule has 0 aliphatic carbocycles. The Balaban J connectivity index is 2.35. The smallest absolute Gasteiger partial charge is 0.240 e. The highest BCUT2D eigenvalue weighted by molar-refractivity contribution is 6.09. The van der Waals surface area contributed by atoms with Gasteiger partial charge in [-0.1, -0.05) is 43.7 Å². The lowest BCUT2D eigenvalue weighted by atomic mass is 9.76. The number of rotatable bonds is 5. The van der Waals surface area contributed by atoms with E-state index in [2.05, 4.69) is 0 Å². The number of likely N-dealkylation sites (tertiary alicyclic amines) is 1. The second-order valence-corrected chi connectivity index (χ2v) is 5.85. The molecule has 4 nitrogen and oxygen atoms in total. The molecule has 0 bridgehead atoms. The molecule has 0 aromatic heterocycles. The van der Waals surface area contributed by atoms with Gasteiger partial charge in [0.15, 0.2) is 0 Å². The largest absolute Gasteiger partial charge is 0.391 e. The molecule has 2 amide bonds. The summed E-state index contributed by atoms with van der Waals surface area (Å²) < 4.78 is 0. The maximum absolute atomic E-state index is 12.8. The molecule has 1 fully saturated rings. The van der Waals surface area contributed by atoms with Crippen molar-refractivity contribution in [2.75, 3.05) is 6.54 Å². The quantitative estimate of drug-likeness (QED) is 0.845. The molecule has 2 rings (SSSR count). The van der Waals surface area contributed by atoms with Crippen molar-refractivity contribution in [2.24, 2.45) is 0 Å². The van der Waals surface area contributed by atoms with Gasteiger partial charge in [0.25, 0.3) is 0 Å². The van der Waals surface area contributed by atoms with Crippen LogP contribution in [0, 0.1) is 6.92 Å². The Morgan fingerprint density at radius 2 is 1.86 bits per heavy atom. The highest BCUT2D eigenvalue weighted by atomic mass is 16.3. The molecule has 1 aliphatic heterocycles. The summed E-state index contributed by atoms with van der Waals surface area (Å²) in [6, 6.07) is 7.80. The average Bonchev–Trinajstić information content (AvgIpc) is 2.73. The Morgan fingerprint density at radius 3 is 2.38 bits per heavy atom. The maximum atomic E-state index is 12.8. The number of aryl methyl sites for hydroxylation is 1. The second kappa shape index (κ2) is 5.98. The molecular formula is C17H23NO3. The first-order chi connectivity index (χ1) is 9.94. The van der Waals surface area contributed by atoms with Crippen LogP contribution in [0.5, 0.6) is 0 Å². The number of nitrogens with zero attached hydrogens (tertiary/aromatic N) is 1. The number of β-amino-alcohol motifs (C(OH)–C–C–N with tert-alkyl or cyclic N) is 1. The molecule has 1 N–H and O–H groups in total. The SMILES string of the molecule is CCC(O)CN1C(=O)CC(CC)(c2ccc(C)cc2)C1=O. The van der Waals surface area contributed by atoms with Gasteiger partial charge in [-0.2, -0.15) is 0 Å². The first-order valence-corrected chi connectivity index (χ1v) is 7.54. The predicted octanol–water partition coefficient (Wildman–Crippen LogP) is 2.17. The molecule has 0 saturated carbocycles. The third-order valence-corrected chi connectivity index (χ3v) is 4.48. The van der Waals surface area contributed by atoms with E-state index in [1.165, 1.54) is 4.90 Å². The third-order valence-electron chi connectivity index (χ3n) is 4.48. The topological polar surface area (TPSA) is 57.6 Å². The number of benzene rings is 1. The number of carbonyl (C=O) groups excluding carboxylic acids is 2. The Labute approximate surface area is 125 Å². The highest BCUT2D eigenvalue weighted by Gasteiger charge is 2.51. The zero-order chi connectivity index (χ0) is 15.6. The lowest BCUT2D eigenvalue weighted by Crippen LogP contribution is -2.41. The molecule has 2 unspecified atom stereocenters. The van der Waals surface area contributed by atoms with E-state index in [4.69, 9.17) is 0 Å². The van der Waals surface area contributed by atoms with Crippen molar-refractivity contribution in [2.45, 2.75) is 51.6 Å². The lowest BCUT2D eigenvalue weighted by Gasteiger charge is -2.26. The van der Waals surface area contributed by atoms with Crippen molar-refractivity contribution in [3.05, 3.63) is 35.4 Å². The molecule has 1 aromatic carbocycles. The number of hydrogen-bond acceptors (Lipinski definition) is 3. The molecule has 1 aromatic rings. The van der Waals surface area contributed by atoms with Crippen LogP contribution >= 0.6 is 0 Å². The Bertz CT molecular complexity index is 537. The van der Waals surface area contributed by atoms with Gasteiger partial charge in [0.1, 0.15) is 0 Å². The molecule has 0 spiro atoms. The molecular weight excluding hydrogens is 266 g/mol. The minimum absolute atomic E-state index is 0.0990. The van der Waals surface area contributed by atoms with Crippen LogP contribution < -0.4 is 0 Å². The van der Waals surface area contributed by atoms with Gasteiger partial charge in [-0.05, 0) is 25.3 Å². The number of aliphatic hydroxyl groups excluding tert-OH is 1. The van der Waals surface area contributed by atoms with Gasteiger partial charge in [0.2, 0.25) is 11.8 Å². The van der Waals surface area contributed by atoms with E-state index in [1.54, 1.807) is 0 Å². The van der Waals surface area contributed by atoms with Crippen LogP contribution in [0.15, 0.2) is 24.3 Å². The van der Waals surface area contributed by atoms with Gasteiger partial charge in [0.05, 0.1) is 18.1 Å². The van der Waals surface area contributed by atoms with Gasteiger partial charge in [-0.3, -0.25) is 14.5 Å². The van der Waals surface area contributed by atoms with E-state index >= 15 is 0 Å². The fourth-order valence-corrected chi connectivity index (χ4v) is 2.90. The van der Waals surface area contributed by atoms with Gasteiger partial charge in [-0.15, -0.1) is 0 Å². The Morgan fingerprint density at radius 1 is 1.24 bits per heavy atom. The van der Waals surface area contributed by atoms with E-state index in [1.807, 2.05) is 45.0 Å². The van der Waals surface area contributed by atoms with Gasteiger partial charge in [0, 0.05) is 6.42 Å². The second-order valence-electron chi connectivity index (χ2n) is 5.85. The van der Waals surface area contributed by atoms with Crippen molar-refractivity contribution in [1.82, 2.24) is 4.90 Å². The number of amides is 2. The lowest BCUT2D eigenvalue weighted by molar-refractivity contribution is -0.141. The number of carbonyl (C=O) groups is 2. The standard InChI is InChI=1S/C17H23NO3/c1-4-14(19)11-18-15(20)10-17(5-2,16(18)21)13-8-6-12(3)7-9-13/h6-9,14,19H,4-5,10-11H2,1-3H3. The Kier molecular flexibility index (Phi) is 4.47. The molecule has 2 atom stereocenters. The van der Waals surface area contributed by atoms with Crippen LogP contribution in [0.25, 0.3) is 0 Å². The van der Waals surface area contributed by atoms with Crippen LogP contribution in [0.4, 0.5) is 0 Å². The van der Waals surface area contributed by atoms with Gasteiger partial charge >= 0.3 is 0 Å². The van der Waals surface area contributed by atoms with Crippen LogP contribution in [0.1, 0.15) is 44.2 Å². The molecule has 1 saturated heterocycles. The monoisotopic (exact) mass is 289 g/mol. The van der Waals surface area contributed by atoms with Crippen molar-refractivity contribution in [1.29, 1.82) is 0 Å². The number of aliphatic hydroxyl groups is 1. The van der Waals surface area contributed by atoms with E-state index in [0.29, 0.717) is 12.8 Å². The number of hydrogen-bond donors (Lipinski definition) is 1. The van der Waals surface area contributed by atoms with Gasteiger partial charge < -0.3 is 5.11 Å². The van der Waals surface area contributed by atoms with Crippen LogP contribution in [-0.2, 0) is 15.0 Å². The van der Waals surface area contributed by atoms with E-state index < -0.39 is 11.5 Å². The zero-order valence-electron chi connectivity index (χ0n) is 12.9. The molecule has 0 radical (unpaired) electrons. The van der Waals surface area contributed by atoms with Crippen molar-refractivity contribution < 1.29 is 14.7 Å². The molecule has 1 aliphatic rings. The summed E-state index contributed by atoms with van der Waals surface area (Å²) in [4.78, 5) is 26.3. The number of imide groups is 1. The van der Waals surface area contributed by atoms with Gasteiger partial charge in [-0.25, -0.2) is 0 Å². The third kappa shape index (κ3) is 2.72. The maximum Gasteiger partial charge on any atom is 0.240 e. The highest BCUT2D eigenvalue weighted by Crippen LogP contribution is 2.39. The molecule has 4 heteroatoms. The summed E-state index contributed by atoms with van der Waals surface area (Å²) in [5.41, 5.74) is 1.25. The summed E-state index contributed by atoms with van der Waals surface area (Å²) in [6.45, 7) is 5.86. The molecule has 21 heavy (non-hydrogen) atoms. The summed E-state index contributed by atoms with van der Waals surface area (Å²) in [6.07, 6.45) is 0.658. The van der Waals surface area contributed by atoms with E-state index in [9.17, 15) is 14.7 Å².